The summed E-state index contributed by atoms with van der Waals surface area (Å²) in [5.74, 6) is -1.23. The molecule has 0 aliphatic rings. The van der Waals surface area contributed by atoms with Crippen molar-refractivity contribution in [3.8, 4) is 5.75 Å². The number of nitrogens with one attached hydrogen (secondary N) is 1. The average Bonchev–Trinajstić information content (AvgIpc) is 3.04. The molecule has 0 saturated heterocycles. The quantitative estimate of drug-likeness (QED) is 0.333. The molecule has 0 spiro atoms. The lowest BCUT2D eigenvalue weighted by Crippen LogP contribution is -2.20. The van der Waals surface area contributed by atoms with Crippen LogP contribution in [0.4, 0.5) is 0 Å². The molecule has 2 aromatic carbocycles. The van der Waals surface area contributed by atoms with Crippen molar-refractivity contribution < 1.29 is 14.4 Å². The molecule has 0 bridgehead atoms. The molecule has 0 saturated carbocycles. The van der Waals surface area contributed by atoms with Crippen molar-refractivity contribution in [2.24, 2.45) is 0 Å². The molecule has 4 rings (SSSR count). The maximum atomic E-state index is 12.5. The van der Waals surface area contributed by atoms with Crippen LogP contribution in [0.2, 0.25) is 0 Å². The molecule has 4 aromatic rings. The molecule has 130 valence electrons. The van der Waals surface area contributed by atoms with Gasteiger partial charge < -0.3 is 14.5 Å². The Morgan fingerprint density at radius 1 is 1.12 bits per heavy atom. The fourth-order valence-electron chi connectivity index (χ4n) is 3.33. The second-order valence-corrected chi connectivity index (χ2v) is 6.01. The van der Waals surface area contributed by atoms with Crippen LogP contribution in [-0.2, 0) is 0 Å². The lowest BCUT2D eigenvalue weighted by Gasteiger charge is -2.14. The molecule has 26 heavy (non-hydrogen) atoms. The summed E-state index contributed by atoms with van der Waals surface area (Å²) in [6.07, 6.45) is 1.63. The fourth-order valence-corrected chi connectivity index (χ4v) is 3.33. The van der Waals surface area contributed by atoms with Crippen LogP contribution >= 0.6 is 0 Å². The normalized spacial score (nSPS) is 12.5. The molecule has 0 radical (unpaired) electrons. The Labute approximate surface area is 146 Å². The van der Waals surface area contributed by atoms with E-state index in [1.807, 2.05) is 24.3 Å². The van der Waals surface area contributed by atoms with Gasteiger partial charge in [-0.1, -0.05) is 30.3 Å². The highest BCUT2D eigenvalue weighted by atomic mass is 16.6. The summed E-state index contributed by atoms with van der Waals surface area (Å²) in [6.45, 7) is -0.543. The summed E-state index contributed by atoms with van der Waals surface area (Å²) in [6, 6.07) is 13.8. The Kier molecular flexibility index (Phi) is 3.69. The zero-order valence-electron chi connectivity index (χ0n) is 13.5. The van der Waals surface area contributed by atoms with Gasteiger partial charge in [0.25, 0.3) is 0 Å². The number of benzene rings is 2. The van der Waals surface area contributed by atoms with E-state index in [4.69, 9.17) is 4.42 Å². The monoisotopic (exact) mass is 350 g/mol. The van der Waals surface area contributed by atoms with Gasteiger partial charge in [-0.05, 0) is 23.8 Å². The van der Waals surface area contributed by atoms with E-state index in [0.717, 1.165) is 10.9 Å². The highest BCUT2D eigenvalue weighted by Crippen LogP contribution is 2.36. The van der Waals surface area contributed by atoms with Crippen LogP contribution < -0.4 is 5.63 Å². The SMILES string of the molecule is O=c1oc2ccccc2c(O)c1[C@@H](C[N+](=O)[O-])c1c[nH]c2ccccc12. The Bertz CT molecular complexity index is 1190. The van der Waals surface area contributed by atoms with Crippen molar-refractivity contribution in [1.82, 2.24) is 4.98 Å². The van der Waals surface area contributed by atoms with Crippen molar-refractivity contribution in [2.45, 2.75) is 5.92 Å². The van der Waals surface area contributed by atoms with E-state index in [1.165, 1.54) is 0 Å². The average molecular weight is 350 g/mol. The van der Waals surface area contributed by atoms with Gasteiger partial charge in [0, 0.05) is 22.0 Å². The molecule has 2 aromatic heterocycles. The molecule has 0 aliphatic heterocycles. The van der Waals surface area contributed by atoms with Crippen molar-refractivity contribution in [2.75, 3.05) is 6.54 Å². The van der Waals surface area contributed by atoms with Crippen LogP contribution in [0.15, 0.2) is 63.9 Å². The van der Waals surface area contributed by atoms with E-state index in [0.29, 0.717) is 10.9 Å². The molecule has 0 unspecified atom stereocenters. The first-order valence-electron chi connectivity index (χ1n) is 7.99. The zero-order chi connectivity index (χ0) is 18.3. The summed E-state index contributed by atoms with van der Waals surface area (Å²) >= 11 is 0. The number of hydrogen-bond donors (Lipinski definition) is 2. The van der Waals surface area contributed by atoms with Crippen LogP contribution in [0.1, 0.15) is 17.0 Å². The minimum Gasteiger partial charge on any atom is -0.507 e. The number of nitrogens with zero attached hydrogens (tertiary/aromatic N) is 1. The second kappa shape index (κ2) is 6.03. The van der Waals surface area contributed by atoms with Crippen LogP contribution in [0.25, 0.3) is 21.9 Å². The van der Waals surface area contributed by atoms with Crippen LogP contribution in [0.5, 0.6) is 5.75 Å². The summed E-state index contributed by atoms with van der Waals surface area (Å²) in [5, 5.41) is 23.1. The lowest BCUT2D eigenvalue weighted by atomic mass is 9.90. The van der Waals surface area contributed by atoms with Gasteiger partial charge in [-0.15, -0.1) is 0 Å². The first-order valence-corrected chi connectivity index (χ1v) is 7.99. The number of aromatic hydroxyl groups is 1. The fraction of sp³-hybridized carbons (Fsp3) is 0.105. The number of para-hydroxylation sites is 2. The van der Waals surface area contributed by atoms with Crippen LogP contribution in [-0.4, -0.2) is 21.6 Å². The Balaban J connectivity index is 2.01. The van der Waals surface area contributed by atoms with Crippen molar-refractivity contribution >= 4 is 21.9 Å². The van der Waals surface area contributed by atoms with Crippen LogP contribution in [0, 0.1) is 10.1 Å². The minimum atomic E-state index is -0.943. The summed E-state index contributed by atoms with van der Waals surface area (Å²) in [4.78, 5) is 26.4. The summed E-state index contributed by atoms with van der Waals surface area (Å²) in [5.41, 5.74) is 0.705. The molecule has 1 atom stereocenters. The lowest BCUT2D eigenvalue weighted by molar-refractivity contribution is -0.481. The predicted molar refractivity (Wildman–Crippen MR) is 96.2 cm³/mol. The van der Waals surface area contributed by atoms with Gasteiger partial charge >= 0.3 is 5.63 Å². The number of hydrogen-bond acceptors (Lipinski definition) is 5. The highest BCUT2D eigenvalue weighted by molar-refractivity contribution is 5.87. The summed E-state index contributed by atoms with van der Waals surface area (Å²) < 4.78 is 5.30. The van der Waals surface area contributed by atoms with E-state index < -0.39 is 23.0 Å². The number of aromatic nitrogens is 1. The molecular weight excluding hydrogens is 336 g/mol. The molecule has 7 nitrogen and oxygen atoms in total. The topological polar surface area (TPSA) is 109 Å². The van der Waals surface area contributed by atoms with Crippen LogP contribution in [0.3, 0.4) is 0 Å². The number of nitro groups is 1. The molecule has 0 fully saturated rings. The van der Waals surface area contributed by atoms with E-state index >= 15 is 0 Å². The predicted octanol–water partition coefficient (Wildman–Crippen LogP) is 3.39. The van der Waals surface area contributed by atoms with Crippen molar-refractivity contribution in [1.29, 1.82) is 0 Å². The zero-order valence-corrected chi connectivity index (χ0v) is 13.5. The Morgan fingerprint density at radius 2 is 1.81 bits per heavy atom. The molecule has 2 heterocycles. The van der Waals surface area contributed by atoms with Gasteiger partial charge in [-0.3, -0.25) is 10.1 Å². The van der Waals surface area contributed by atoms with Gasteiger partial charge in [-0.25, -0.2) is 4.79 Å². The van der Waals surface area contributed by atoms with E-state index in [1.54, 1.807) is 30.5 Å². The molecule has 0 aliphatic carbocycles. The number of aromatic amines is 1. The number of rotatable bonds is 4. The second-order valence-electron chi connectivity index (χ2n) is 6.01. The third-order valence-corrected chi connectivity index (χ3v) is 4.50. The first kappa shape index (κ1) is 15.9. The number of H-pyrrole nitrogens is 1. The van der Waals surface area contributed by atoms with Gasteiger partial charge in [0.1, 0.15) is 11.3 Å². The van der Waals surface area contributed by atoms with E-state index in [-0.39, 0.29) is 16.9 Å². The Hall–Kier alpha value is -3.61. The third-order valence-electron chi connectivity index (χ3n) is 4.50. The van der Waals surface area contributed by atoms with Gasteiger partial charge in [-0.2, -0.15) is 0 Å². The molecular formula is C19H14N2O5. The standard InChI is InChI=1S/C19H14N2O5/c22-18-12-6-2-4-8-16(12)26-19(23)17(18)14(10-21(24)25)13-9-20-15-7-3-1-5-11(13)15/h1-9,14,20,22H,10H2/t14-/m0/s1. The number of fused-ring (bicyclic) bond motifs is 2. The molecule has 2 N–H and O–H groups in total. The van der Waals surface area contributed by atoms with E-state index in [9.17, 15) is 20.0 Å². The first-order chi connectivity index (χ1) is 12.6. The van der Waals surface area contributed by atoms with E-state index in [2.05, 4.69) is 4.98 Å². The van der Waals surface area contributed by atoms with Crippen molar-refractivity contribution in [3.63, 3.8) is 0 Å². The highest BCUT2D eigenvalue weighted by Gasteiger charge is 2.30. The molecule has 0 amide bonds. The Morgan fingerprint density at radius 3 is 2.58 bits per heavy atom. The largest absolute Gasteiger partial charge is 0.507 e. The van der Waals surface area contributed by atoms with Gasteiger partial charge in [0.05, 0.1) is 16.9 Å². The smallest absolute Gasteiger partial charge is 0.344 e. The summed E-state index contributed by atoms with van der Waals surface area (Å²) in [7, 11) is 0. The minimum absolute atomic E-state index is 0.106. The maximum absolute atomic E-state index is 12.5. The third kappa shape index (κ3) is 2.50. The van der Waals surface area contributed by atoms with Gasteiger partial charge in [0.2, 0.25) is 6.54 Å². The maximum Gasteiger partial charge on any atom is 0.344 e. The van der Waals surface area contributed by atoms with Crippen molar-refractivity contribution in [3.05, 3.63) is 86.4 Å². The molecule has 7 heteroatoms. The van der Waals surface area contributed by atoms with Gasteiger partial charge in [0.15, 0.2) is 0 Å².